The molecular weight excluding hydrogens is 164 g/mol. The highest BCUT2D eigenvalue weighted by molar-refractivity contribution is 5.60. The molecule has 0 radical (unpaired) electrons. The average molecular weight is 184 g/mol. The molecule has 1 N–H and O–H groups in total. The first-order chi connectivity index (χ1) is 6.17. The Morgan fingerprint density at radius 1 is 1.62 bits per heavy atom. The minimum Gasteiger partial charge on any atom is -0.396 e. The van der Waals surface area contributed by atoms with Crippen LogP contribution >= 0.6 is 0 Å². The van der Waals surface area contributed by atoms with Crippen molar-refractivity contribution in [2.24, 2.45) is 17.3 Å². The third-order valence-corrected chi connectivity index (χ3v) is 3.83. The summed E-state index contributed by atoms with van der Waals surface area (Å²) in [7, 11) is 0. The third kappa shape index (κ3) is 1.78. The van der Waals surface area contributed by atoms with E-state index in [1.54, 1.807) is 0 Å². The molecule has 0 aliphatic heterocycles. The van der Waals surface area contributed by atoms with E-state index in [9.17, 15) is 4.79 Å². The fourth-order valence-electron chi connectivity index (χ4n) is 2.59. The number of aliphatic hydroxyl groups excluding tert-OH is 1. The number of carbonyl (C=O) groups is 1. The summed E-state index contributed by atoms with van der Waals surface area (Å²) in [6.07, 6.45) is 5.54. The van der Waals surface area contributed by atoms with Gasteiger partial charge in [-0.2, -0.15) is 0 Å². The van der Waals surface area contributed by atoms with Crippen LogP contribution in [0.15, 0.2) is 0 Å². The third-order valence-electron chi connectivity index (χ3n) is 3.83. The zero-order chi connectivity index (χ0) is 9.90. The topological polar surface area (TPSA) is 37.3 Å². The van der Waals surface area contributed by atoms with Gasteiger partial charge in [0.15, 0.2) is 0 Å². The van der Waals surface area contributed by atoms with E-state index < -0.39 is 0 Å². The molecule has 3 unspecified atom stereocenters. The zero-order valence-electron chi connectivity index (χ0n) is 8.62. The van der Waals surface area contributed by atoms with Gasteiger partial charge in [-0.15, -0.1) is 0 Å². The standard InChI is InChI=1S/C11H20O2/c1-9-5-3-4-6-11(9,8-13)10(2)7-12/h8-10,12H,3-7H2,1-2H3. The van der Waals surface area contributed by atoms with Gasteiger partial charge >= 0.3 is 0 Å². The van der Waals surface area contributed by atoms with Gasteiger partial charge in [0.2, 0.25) is 0 Å². The number of hydrogen-bond acceptors (Lipinski definition) is 2. The van der Waals surface area contributed by atoms with E-state index in [4.69, 9.17) is 5.11 Å². The van der Waals surface area contributed by atoms with Gasteiger partial charge in [0.25, 0.3) is 0 Å². The molecule has 1 fully saturated rings. The van der Waals surface area contributed by atoms with Crippen molar-refractivity contribution < 1.29 is 9.90 Å². The first-order valence-electron chi connectivity index (χ1n) is 5.24. The normalized spacial score (nSPS) is 37.0. The maximum Gasteiger partial charge on any atom is 0.126 e. The van der Waals surface area contributed by atoms with Gasteiger partial charge in [-0.1, -0.05) is 26.7 Å². The largest absolute Gasteiger partial charge is 0.396 e. The SMILES string of the molecule is CC(CO)C1(C=O)CCCCC1C. The average Bonchev–Trinajstić information content (AvgIpc) is 2.18. The van der Waals surface area contributed by atoms with Crippen LogP contribution in [0.2, 0.25) is 0 Å². The van der Waals surface area contributed by atoms with Crippen LogP contribution in [0.1, 0.15) is 39.5 Å². The van der Waals surface area contributed by atoms with Crippen molar-refractivity contribution in [1.29, 1.82) is 0 Å². The van der Waals surface area contributed by atoms with E-state index >= 15 is 0 Å². The van der Waals surface area contributed by atoms with Crippen LogP contribution in [-0.4, -0.2) is 18.0 Å². The second-order valence-corrected chi connectivity index (χ2v) is 4.46. The van der Waals surface area contributed by atoms with E-state index in [1.165, 1.54) is 6.42 Å². The molecule has 1 rings (SSSR count). The van der Waals surface area contributed by atoms with Gasteiger partial charge in [0, 0.05) is 12.0 Å². The molecule has 13 heavy (non-hydrogen) atoms. The molecule has 0 aromatic carbocycles. The van der Waals surface area contributed by atoms with Crippen molar-refractivity contribution >= 4 is 6.29 Å². The quantitative estimate of drug-likeness (QED) is 0.681. The Labute approximate surface area is 80.3 Å². The molecule has 2 heteroatoms. The maximum absolute atomic E-state index is 11.2. The molecule has 0 heterocycles. The highest BCUT2D eigenvalue weighted by Gasteiger charge is 2.42. The molecule has 1 aliphatic carbocycles. The lowest BCUT2D eigenvalue weighted by Crippen LogP contribution is -2.41. The second kappa shape index (κ2) is 4.23. The summed E-state index contributed by atoms with van der Waals surface area (Å²) in [5.74, 6) is 0.543. The second-order valence-electron chi connectivity index (χ2n) is 4.46. The van der Waals surface area contributed by atoms with Crippen LogP contribution in [0.3, 0.4) is 0 Å². The van der Waals surface area contributed by atoms with E-state index in [2.05, 4.69) is 6.92 Å². The number of aliphatic hydroxyl groups is 1. The fraction of sp³-hybridized carbons (Fsp3) is 0.909. The predicted octanol–water partition coefficient (Wildman–Crippen LogP) is 2.01. The summed E-state index contributed by atoms with van der Waals surface area (Å²) in [4.78, 5) is 11.2. The van der Waals surface area contributed by atoms with Gasteiger partial charge in [-0.25, -0.2) is 0 Å². The van der Waals surface area contributed by atoms with Crippen LogP contribution in [0.25, 0.3) is 0 Å². The highest BCUT2D eigenvalue weighted by atomic mass is 16.3. The molecule has 0 saturated heterocycles. The summed E-state index contributed by atoms with van der Waals surface area (Å²) < 4.78 is 0. The number of rotatable bonds is 3. The summed E-state index contributed by atoms with van der Waals surface area (Å²) in [6.45, 7) is 4.25. The monoisotopic (exact) mass is 184 g/mol. The molecule has 1 saturated carbocycles. The highest BCUT2D eigenvalue weighted by Crippen LogP contribution is 2.44. The Morgan fingerprint density at radius 3 is 2.77 bits per heavy atom. The number of carbonyl (C=O) groups excluding carboxylic acids is 1. The molecule has 0 amide bonds. The lowest BCUT2D eigenvalue weighted by Gasteiger charge is -2.42. The molecule has 1 aliphatic rings. The number of aldehydes is 1. The molecule has 0 spiro atoms. The molecular formula is C11H20O2. The summed E-state index contributed by atoms with van der Waals surface area (Å²) in [6, 6.07) is 0. The first kappa shape index (κ1) is 10.7. The van der Waals surface area contributed by atoms with E-state index in [1.807, 2.05) is 6.92 Å². The van der Waals surface area contributed by atoms with Crippen LogP contribution in [-0.2, 0) is 4.79 Å². The van der Waals surface area contributed by atoms with Crippen molar-refractivity contribution in [3.8, 4) is 0 Å². The minimum atomic E-state index is -0.243. The zero-order valence-corrected chi connectivity index (χ0v) is 8.62. The Hall–Kier alpha value is -0.370. The molecule has 76 valence electrons. The molecule has 2 nitrogen and oxygen atoms in total. The smallest absolute Gasteiger partial charge is 0.126 e. The Balaban J connectivity index is 2.81. The van der Waals surface area contributed by atoms with Gasteiger partial charge in [0.05, 0.1) is 0 Å². The van der Waals surface area contributed by atoms with E-state index in [-0.39, 0.29) is 17.9 Å². The molecule has 3 atom stereocenters. The number of hydrogen-bond donors (Lipinski definition) is 1. The van der Waals surface area contributed by atoms with Gasteiger partial charge in [-0.05, 0) is 24.7 Å². The minimum absolute atomic E-state index is 0.111. The lowest BCUT2D eigenvalue weighted by atomic mass is 9.62. The van der Waals surface area contributed by atoms with Crippen molar-refractivity contribution in [3.63, 3.8) is 0 Å². The van der Waals surface area contributed by atoms with Crippen LogP contribution in [0.5, 0.6) is 0 Å². The van der Waals surface area contributed by atoms with Gasteiger partial charge in [-0.3, -0.25) is 0 Å². The molecule has 0 bridgehead atoms. The first-order valence-corrected chi connectivity index (χ1v) is 5.24. The van der Waals surface area contributed by atoms with Gasteiger partial charge in [0.1, 0.15) is 6.29 Å². The molecule has 0 aromatic rings. The lowest BCUT2D eigenvalue weighted by molar-refractivity contribution is -0.126. The van der Waals surface area contributed by atoms with E-state index in [0.717, 1.165) is 25.5 Å². The predicted molar refractivity (Wildman–Crippen MR) is 52.4 cm³/mol. The maximum atomic E-state index is 11.2. The molecule has 0 aromatic heterocycles. The van der Waals surface area contributed by atoms with Crippen LogP contribution in [0, 0.1) is 17.3 Å². The van der Waals surface area contributed by atoms with Crippen LogP contribution < -0.4 is 0 Å². The van der Waals surface area contributed by atoms with Gasteiger partial charge < -0.3 is 9.90 Å². The summed E-state index contributed by atoms with van der Waals surface area (Å²) in [5, 5.41) is 9.14. The Morgan fingerprint density at radius 2 is 2.31 bits per heavy atom. The van der Waals surface area contributed by atoms with Crippen molar-refractivity contribution in [2.45, 2.75) is 39.5 Å². The van der Waals surface area contributed by atoms with Crippen LogP contribution in [0.4, 0.5) is 0 Å². The fourth-order valence-corrected chi connectivity index (χ4v) is 2.59. The van der Waals surface area contributed by atoms with Crippen molar-refractivity contribution in [2.75, 3.05) is 6.61 Å². The van der Waals surface area contributed by atoms with Crippen molar-refractivity contribution in [3.05, 3.63) is 0 Å². The summed E-state index contributed by atoms with van der Waals surface area (Å²) in [5.41, 5.74) is -0.243. The Bertz CT molecular complexity index is 173. The van der Waals surface area contributed by atoms with Crippen molar-refractivity contribution in [1.82, 2.24) is 0 Å². The summed E-state index contributed by atoms with van der Waals surface area (Å²) >= 11 is 0. The Kier molecular flexibility index (Phi) is 3.48. The van der Waals surface area contributed by atoms with E-state index in [0.29, 0.717) is 5.92 Å².